The zero-order valence-corrected chi connectivity index (χ0v) is 13.3. The Bertz CT molecular complexity index is 504. The summed E-state index contributed by atoms with van der Waals surface area (Å²) in [4.78, 5) is 14.1. The number of esters is 1. The van der Waals surface area contributed by atoms with E-state index in [1.165, 1.54) is 0 Å². The van der Waals surface area contributed by atoms with Crippen LogP contribution < -0.4 is 5.73 Å². The van der Waals surface area contributed by atoms with Crippen LogP contribution in [-0.2, 0) is 16.0 Å². The first-order chi connectivity index (χ1) is 10.1. The van der Waals surface area contributed by atoms with E-state index in [9.17, 15) is 4.79 Å². The number of halogens is 1. The van der Waals surface area contributed by atoms with E-state index in [4.69, 9.17) is 20.3 Å². The van der Waals surface area contributed by atoms with Crippen LogP contribution in [0.25, 0.3) is 0 Å². The number of anilines is 1. The highest BCUT2D eigenvalue weighted by Crippen LogP contribution is 2.27. The zero-order chi connectivity index (χ0) is 15.2. The van der Waals surface area contributed by atoms with Gasteiger partial charge in [-0.05, 0) is 33.6 Å². The van der Waals surface area contributed by atoms with Gasteiger partial charge in [-0.25, -0.2) is 4.79 Å². The minimum Gasteiger partial charge on any atom is -0.460 e. The summed E-state index contributed by atoms with van der Waals surface area (Å²) in [6, 6.07) is 3.38. The lowest BCUT2D eigenvalue weighted by Crippen LogP contribution is -2.35. The molecule has 7 heteroatoms. The van der Waals surface area contributed by atoms with E-state index >= 15 is 0 Å². The Balaban J connectivity index is 2.15. The number of carbonyl (C=O) groups excluding carboxylic acids is 1. The fraction of sp³-hybridized carbons (Fsp3) is 0.500. The molecule has 2 rings (SSSR count). The second-order valence-electron chi connectivity index (χ2n) is 4.78. The Morgan fingerprint density at radius 3 is 2.81 bits per heavy atom. The topological polar surface area (TPSA) is 85.0 Å². The molecule has 0 spiro atoms. The average Bonchev–Trinajstić information content (AvgIpc) is 2.50. The van der Waals surface area contributed by atoms with Crippen LogP contribution in [0, 0.1) is 0 Å². The first kappa shape index (κ1) is 16.2. The van der Waals surface area contributed by atoms with Crippen LogP contribution in [0.4, 0.5) is 5.69 Å². The number of nitrogen functional groups attached to an aromatic ring is 1. The van der Waals surface area contributed by atoms with Crippen LogP contribution in [0.2, 0.25) is 0 Å². The molecule has 0 amide bonds. The smallest absolute Gasteiger partial charge is 0.338 e. The van der Waals surface area contributed by atoms with Crippen LogP contribution in [0.3, 0.4) is 0 Å². The summed E-state index contributed by atoms with van der Waals surface area (Å²) in [6.07, 6.45) is 0. The molecule has 1 aromatic carbocycles. The lowest BCUT2D eigenvalue weighted by atomic mass is 10.1. The maximum absolute atomic E-state index is 11.9. The largest absolute Gasteiger partial charge is 0.460 e. The highest BCUT2D eigenvalue weighted by molar-refractivity contribution is 9.10. The molecule has 6 nitrogen and oxygen atoms in total. The molecular formula is C14H19BrN2O4. The number of carbonyl (C=O) groups is 1. The molecule has 0 saturated carbocycles. The molecule has 0 aromatic heterocycles. The SMILES string of the molecule is Nc1c(Br)cc(C(=O)OCCO)cc1CN1CCOCC1. The number of aliphatic hydroxyl groups is 1. The monoisotopic (exact) mass is 358 g/mol. The minimum absolute atomic E-state index is 0.0143. The molecular weight excluding hydrogens is 340 g/mol. The maximum Gasteiger partial charge on any atom is 0.338 e. The van der Waals surface area contributed by atoms with Crippen molar-refractivity contribution in [3.8, 4) is 0 Å². The van der Waals surface area contributed by atoms with Gasteiger partial charge in [0, 0.05) is 24.1 Å². The Labute approximate surface area is 131 Å². The summed E-state index contributed by atoms with van der Waals surface area (Å²) in [6.45, 7) is 3.56. The summed E-state index contributed by atoms with van der Waals surface area (Å²) in [5.74, 6) is -0.465. The summed E-state index contributed by atoms with van der Waals surface area (Å²) in [5, 5.41) is 8.71. The van der Waals surface area contributed by atoms with Gasteiger partial charge in [0.2, 0.25) is 0 Å². The third kappa shape index (κ3) is 4.41. The minimum atomic E-state index is -0.465. The van der Waals surface area contributed by atoms with Crippen LogP contribution in [0.5, 0.6) is 0 Å². The number of ether oxygens (including phenoxy) is 2. The molecule has 0 radical (unpaired) electrons. The molecule has 116 valence electrons. The first-order valence-electron chi connectivity index (χ1n) is 6.78. The van der Waals surface area contributed by atoms with Crippen molar-refractivity contribution < 1.29 is 19.4 Å². The number of hydrogen-bond donors (Lipinski definition) is 2. The van der Waals surface area contributed by atoms with E-state index in [1.807, 2.05) is 0 Å². The molecule has 1 saturated heterocycles. The quantitative estimate of drug-likeness (QED) is 0.603. The number of rotatable bonds is 5. The molecule has 1 aliphatic heterocycles. The van der Waals surface area contributed by atoms with Crippen LogP contribution in [0.15, 0.2) is 16.6 Å². The van der Waals surface area contributed by atoms with E-state index < -0.39 is 5.97 Å². The van der Waals surface area contributed by atoms with Crippen molar-refractivity contribution in [2.75, 3.05) is 45.3 Å². The van der Waals surface area contributed by atoms with Gasteiger partial charge in [-0.1, -0.05) is 0 Å². The maximum atomic E-state index is 11.9. The van der Waals surface area contributed by atoms with E-state index in [2.05, 4.69) is 20.8 Å². The number of hydrogen-bond acceptors (Lipinski definition) is 6. The molecule has 0 bridgehead atoms. The second kappa shape index (κ2) is 7.74. The molecule has 0 aliphatic carbocycles. The van der Waals surface area contributed by atoms with E-state index in [0.717, 1.165) is 18.7 Å². The molecule has 21 heavy (non-hydrogen) atoms. The van der Waals surface area contributed by atoms with Gasteiger partial charge in [-0.15, -0.1) is 0 Å². The number of nitrogens with two attached hydrogens (primary N) is 1. The van der Waals surface area contributed by atoms with E-state index in [-0.39, 0.29) is 13.2 Å². The molecule has 1 heterocycles. The number of benzene rings is 1. The van der Waals surface area contributed by atoms with Gasteiger partial charge in [0.25, 0.3) is 0 Å². The first-order valence-corrected chi connectivity index (χ1v) is 7.57. The third-order valence-electron chi connectivity index (χ3n) is 3.27. The molecule has 1 aliphatic rings. The molecule has 0 atom stereocenters. The number of aliphatic hydroxyl groups excluding tert-OH is 1. The lowest BCUT2D eigenvalue weighted by Gasteiger charge is -2.27. The van der Waals surface area contributed by atoms with Gasteiger partial charge in [-0.2, -0.15) is 0 Å². The van der Waals surface area contributed by atoms with Gasteiger partial charge in [0.05, 0.1) is 31.1 Å². The van der Waals surface area contributed by atoms with E-state index in [0.29, 0.717) is 35.5 Å². The van der Waals surface area contributed by atoms with Gasteiger partial charge >= 0.3 is 5.97 Å². The van der Waals surface area contributed by atoms with Gasteiger partial charge in [-0.3, -0.25) is 4.90 Å². The Kier molecular flexibility index (Phi) is 5.98. The van der Waals surface area contributed by atoms with Gasteiger partial charge < -0.3 is 20.3 Å². The number of nitrogens with zero attached hydrogens (tertiary/aromatic N) is 1. The molecule has 1 aromatic rings. The third-order valence-corrected chi connectivity index (χ3v) is 3.93. The average molecular weight is 359 g/mol. The normalized spacial score (nSPS) is 15.9. The van der Waals surface area contributed by atoms with Crippen molar-refractivity contribution in [1.29, 1.82) is 0 Å². The Hall–Kier alpha value is -1.15. The van der Waals surface area contributed by atoms with Crippen molar-refractivity contribution >= 4 is 27.6 Å². The van der Waals surface area contributed by atoms with Crippen molar-refractivity contribution in [2.45, 2.75) is 6.54 Å². The van der Waals surface area contributed by atoms with Crippen molar-refractivity contribution in [3.63, 3.8) is 0 Å². The Morgan fingerprint density at radius 1 is 1.43 bits per heavy atom. The van der Waals surface area contributed by atoms with Crippen molar-refractivity contribution in [3.05, 3.63) is 27.7 Å². The van der Waals surface area contributed by atoms with Crippen LogP contribution in [-0.4, -0.2) is 55.5 Å². The van der Waals surface area contributed by atoms with Crippen molar-refractivity contribution in [2.24, 2.45) is 0 Å². The summed E-state index contributed by atoms with van der Waals surface area (Å²) >= 11 is 3.37. The fourth-order valence-corrected chi connectivity index (χ4v) is 2.65. The Morgan fingerprint density at radius 2 is 2.14 bits per heavy atom. The number of morpholine rings is 1. The lowest BCUT2D eigenvalue weighted by molar-refractivity contribution is 0.0341. The highest BCUT2D eigenvalue weighted by Gasteiger charge is 2.17. The summed E-state index contributed by atoms with van der Waals surface area (Å²) < 4.78 is 10.9. The zero-order valence-electron chi connectivity index (χ0n) is 11.7. The van der Waals surface area contributed by atoms with Gasteiger partial charge in [0.15, 0.2) is 0 Å². The van der Waals surface area contributed by atoms with Crippen LogP contribution in [0.1, 0.15) is 15.9 Å². The second-order valence-corrected chi connectivity index (χ2v) is 5.63. The highest BCUT2D eigenvalue weighted by atomic mass is 79.9. The van der Waals surface area contributed by atoms with Crippen LogP contribution >= 0.6 is 15.9 Å². The molecule has 0 unspecified atom stereocenters. The molecule has 1 fully saturated rings. The summed E-state index contributed by atoms with van der Waals surface area (Å²) in [5.41, 5.74) is 8.00. The standard InChI is InChI=1S/C14H19BrN2O4/c15-12-8-10(14(19)21-6-3-18)7-11(13(12)16)9-17-1-4-20-5-2-17/h7-8,18H,1-6,9,16H2. The van der Waals surface area contributed by atoms with Crippen molar-refractivity contribution in [1.82, 2.24) is 4.90 Å². The molecule has 3 N–H and O–H groups in total. The predicted octanol–water partition coefficient (Wildman–Crippen LogP) is 1.01. The fourth-order valence-electron chi connectivity index (χ4n) is 2.15. The van der Waals surface area contributed by atoms with E-state index in [1.54, 1.807) is 12.1 Å². The summed E-state index contributed by atoms with van der Waals surface area (Å²) in [7, 11) is 0. The predicted molar refractivity (Wildman–Crippen MR) is 82.0 cm³/mol. The van der Waals surface area contributed by atoms with Gasteiger partial charge in [0.1, 0.15) is 6.61 Å².